The molecule has 3 aromatic heterocycles. The van der Waals surface area contributed by atoms with E-state index in [1.165, 1.54) is 67.0 Å². The summed E-state index contributed by atoms with van der Waals surface area (Å²) >= 11 is 0. The summed E-state index contributed by atoms with van der Waals surface area (Å²) in [5, 5.41) is 0. The summed E-state index contributed by atoms with van der Waals surface area (Å²) in [6.45, 7) is 18.2. The van der Waals surface area contributed by atoms with Crippen molar-refractivity contribution in [3.8, 4) is 0 Å². The fourth-order valence-corrected chi connectivity index (χ4v) is 7.07. The SMILES string of the molecule is CCC1=C(CC)c2nc1cc1ccc(cc3[nH]c(c(CC)c4nc(c2CC)C(CC)=C4CC)c(CC)c3CC)[nH]1.Cl.[Ga]. The zero-order valence-electron chi connectivity index (χ0n) is 26.8. The molecule has 0 spiro atoms. The van der Waals surface area contributed by atoms with E-state index in [4.69, 9.17) is 9.97 Å². The van der Waals surface area contributed by atoms with Gasteiger partial charge in [0.05, 0.1) is 22.8 Å². The minimum atomic E-state index is 0. The van der Waals surface area contributed by atoms with Crippen LogP contribution in [0.15, 0.2) is 24.3 Å². The van der Waals surface area contributed by atoms with Gasteiger partial charge in [-0.1, -0.05) is 55.4 Å². The first-order chi connectivity index (χ1) is 19.5. The van der Waals surface area contributed by atoms with E-state index in [0.717, 1.165) is 73.8 Å². The van der Waals surface area contributed by atoms with Crippen LogP contribution in [-0.4, -0.2) is 39.7 Å². The van der Waals surface area contributed by atoms with Crippen molar-refractivity contribution < 1.29 is 0 Å². The van der Waals surface area contributed by atoms with E-state index in [1.807, 2.05) is 0 Å². The largest absolute Gasteiger partial charge is 0.355 e. The van der Waals surface area contributed by atoms with Crippen molar-refractivity contribution in [1.29, 1.82) is 0 Å². The number of allylic oxidation sites excluding steroid dienone is 4. The van der Waals surface area contributed by atoms with Crippen molar-refractivity contribution in [2.45, 2.75) is 107 Å². The number of nitrogens with one attached hydrogen (secondary N) is 2. The normalized spacial score (nSPS) is 13.0. The molecule has 2 aliphatic rings. The first-order valence-corrected chi connectivity index (χ1v) is 15.7. The predicted octanol–water partition coefficient (Wildman–Crippen LogP) is 10.1. The minimum absolute atomic E-state index is 0. The van der Waals surface area contributed by atoms with Crippen LogP contribution in [0, 0.1) is 0 Å². The van der Waals surface area contributed by atoms with Gasteiger partial charge in [-0.15, -0.1) is 12.4 Å². The summed E-state index contributed by atoms with van der Waals surface area (Å²) in [6.07, 6.45) is 7.74. The molecule has 5 heterocycles. The standard InChI is InChI=1S/C36H46N4.ClH.Ga/c1-9-23-25(11-3)33-29(15-7)35-27(13-5)28(14-6)36(40-35)30(16-8)34-26(12-4)24(10-2)32(39-34)20-22-18-17-21(37-22)19-31(23)38-33;;/h17-20,37-38H,9-16H2,1-8H3;1H;. The van der Waals surface area contributed by atoms with E-state index in [-0.39, 0.29) is 32.2 Å². The summed E-state index contributed by atoms with van der Waals surface area (Å²) in [5.74, 6) is 0. The molecule has 2 aliphatic heterocycles. The Kier molecular flexibility index (Phi) is 11.6. The molecule has 0 aliphatic carbocycles. The molecule has 3 radical (unpaired) electrons. The van der Waals surface area contributed by atoms with Gasteiger partial charge in [0.1, 0.15) is 0 Å². The van der Waals surface area contributed by atoms with Crippen LogP contribution in [0.2, 0.25) is 0 Å². The second-order valence-corrected chi connectivity index (χ2v) is 10.9. The number of halogens is 1. The Bertz CT molecular complexity index is 1690. The predicted molar refractivity (Wildman–Crippen MR) is 186 cm³/mol. The summed E-state index contributed by atoms with van der Waals surface area (Å²) in [5.41, 5.74) is 20.3. The van der Waals surface area contributed by atoms with Crippen LogP contribution in [0.1, 0.15) is 126 Å². The summed E-state index contributed by atoms with van der Waals surface area (Å²) < 4.78 is 0. The Balaban J connectivity index is 0.00000242. The third kappa shape index (κ3) is 5.60. The minimum Gasteiger partial charge on any atom is -0.355 e. The topological polar surface area (TPSA) is 57.4 Å². The number of hydrogen-bond acceptors (Lipinski definition) is 2. The van der Waals surface area contributed by atoms with Crippen molar-refractivity contribution in [3.05, 3.63) is 69.3 Å². The molecule has 8 bridgehead atoms. The second-order valence-electron chi connectivity index (χ2n) is 10.9. The van der Waals surface area contributed by atoms with E-state index < -0.39 is 0 Å². The third-order valence-electron chi connectivity index (χ3n) is 8.91. The van der Waals surface area contributed by atoms with Gasteiger partial charge in [-0.05, 0) is 109 Å². The van der Waals surface area contributed by atoms with Crippen LogP contribution in [0.25, 0.3) is 44.4 Å². The van der Waals surface area contributed by atoms with Gasteiger partial charge in [-0.2, -0.15) is 0 Å². The molecule has 4 nitrogen and oxygen atoms in total. The van der Waals surface area contributed by atoms with E-state index in [0.29, 0.717) is 0 Å². The Labute approximate surface area is 271 Å². The Hall–Kier alpha value is -2.47. The maximum absolute atomic E-state index is 5.57. The van der Waals surface area contributed by atoms with Gasteiger partial charge in [0.25, 0.3) is 0 Å². The summed E-state index contributed by atoms with van der Waals surface area (Å²) in [6, 6.07) is 8.89. The number of H-pyrrole nitrogens is 2. The van der Waals surface area contributed by atoms with Crippen molar-refractivity contribution in [1.82, 2.24) is 19.9 Å². The fourth-order valence-electron chi connectivity index (χ4n) is 7.07. The second kappa shape index (κ2) is 14.3. The number of nitrogens with zero attached hydrogens (tertiary/aromatic N) is 2. The van der Waals surface area contributed by atoms with Gasteiger partial charge in [0.2, 0.25) is 0 Å². The maximum Gasteiger partial charge on any atom is 0.0726 e. The number of rotatable bonds is 8. The van der Waals surface area contributed by atoms with Crippen molar-refractivity contribution in [2.75, 3.05) is 0 Å². The Morgan fingerprint density at radius 3 is 1.50 bits per heavy atom. The molecule has 0 atom stereocenters. The monoisotopic (exact) mass is 639 g/mol. The molecule has 0 fully saturated rings. The van der Waals surface area contributed by atoms with E-state index in [9.17, 15) is 0 Å². The van der Waals surface area contributed by atoms with E-state index >= 15 is 0 Å². The van der Waals surface area contributed by atoms with E-state index in [2.05, 4.69) is 89.6 Å². The van der Waals surface area contributed by atoms with Crippen LogP contribution in [-0.2, 0) is 25.7 Å². The molecule has 0 unspecified atom stereocenters. The number of fused-ring (bicyclic) bond motifs is 8. The number of aryl methyl sites for hydroxylation is 3. The van der Waals surface area contributed by atoms with Crippen LogP contribution in [0.5, 0.6) is 0 Å². The molecule has 6 heteroatoms. The fraction of sp³-hybridized carbons (Fsp3) is 0.444. The average molecular weight is 641 g/mol. The van der Waals surface area contributed by atoms with Crippen LogP contribution >= 0.6 is 12.4 Å². The molecule has 0 amide bonds. The molecule has 2 N–H and O–H groups in total. The van der Waals surface area contributed by atoms with Gasteiger partial charge < -0.3 is 9.97 Å². The molecule has 5 rings (SSSR count). The number of aromatic nitrogens is 4. The van der Waals surface area contributed by atoms with Crippen LogP contribution in [0.3, 0.4) is 0 Å². The van der Waals surface area contributed by atoms with Gasteiger partial charge in [-0.3, -0.25) is 0 Å². The molecule has 42 heavy (non-hydrogen) atoms. The molecule has 221 valence electrons. The third-order valence-corrected chi connectivity index (χ3v) is 8.91. The van der Waals surface area contributed by atoms with Gasteiger partial charge in [0, 0.05) is 53.0 Å². The number of hydrogen-bond donors (Lipinski definition) is 2. The van der Waals surface area contributed by atoms with E-state index in [1.54, 1.807) is 0 Å². The smallest absolute Gasteiger partial charge is 0.0726 e. The Morgan fingerprint density at radius 1 is 0.500 bits per heavy atom. The summed E-state index contributed by atoms with van der Waals surface area (Å²) in [7, 11) is 0. The first-order valence-electron chi connectivity index (χ1n) is 15.7. The van der Waals surface area contributed by atoms with Gasteiger partial charge in [-0.25, -0.2) is 9.97 Å². The van der Waals surface area contributed by atoms with Crippen molar-refractivity contribution >= 4 is 76.6 Å². The summed E-state index contributed by atoms with van der Waals surface area (Å²) in [4.78, 5) is 18.5. The molecule has 0 aromatic carbocycles. The first kappa shape index (κ1) is 34.0. The van der Waals surface area contributed by atoms with Gasteiger partial charge >= 0.3 is 0 Å². The van der Waals surface area contributed by atoms with Crippen LogP contribution < -0.4 is 0 Å². The number of aromatic amines is 2. The average Bonchev–Trinajstić information content (AvgIpc) is 3.73. The van der Waals surface area contributed by atoms with Gasteiger partial charge in [0.15, 0.2) is 0 Å². The maximum atomic E-state index is 5.57. The van der Waals surface area contributed by atoms with Crippen molar-refractivity contribution in [2.24, 2.45) is 0 Å². The quantitative estimate of drug-likeness (QED) is 0.241. The molecular formula is C36H47ClGaN4. The molecule has 0 saturated heterocycles. The zero-order chi connectivity index (χ0) is 28.6. The molecule has 3 aromatic rings. The van der Waals surface area contributed by atoms with Crippen LogP contribution in [0.4, 0.5) is 0 Å². The molecular weight excluding hydrogens is 594 g/mol. The Morgan fingerprint density at radius 2 is 0.976 bits per heavy atom. The van der Waals surface area contributed by atoms with Crippen molar-refractivity contribution in [3.63, 3.8) is 0 Å². The molecule has 0 saturated carbocycles. The zero-order valence-corrected chi connectivity index (χ0v) is 30.1.